The first kappa shape index (κ1) is 20.7. The number of hydrogen-bond acceptors (Lipinski definition) is 0. The number of hydrogen-bond donors (Lipinski definition) is 0. The van der Waals surface area contributed by atoms with E-state index in [2.05, 4.69) is 51.1 Å². The zero-order chi connectivity index (χ0) is 16.8. The van der Waals surface area contributed by atoms with E-state index in [1.54, 1.807) is 24.0 Å². The van der Waals surface area contributed by atoms with Crippen LogP contribution in [-0.2, 0) is 6.16 Å². The fourth-order valence-corrected chi connectivity index (χ4v) is 9.30. The van der Waals surface area contributed by atoms with E-state index in [1.807, 2.05) is 0 Å². The minimum absolute atomic E-state index is 1.15. The van der Waals surface area contributed by atoms with Gasteiger partial charge in [-0.25, -0.2) is 0 Å². The first-order valence-corrected chi connectivity index (χ1v) is 13.1. The SMILES string of the molecule is CCCCC[PH](CCCCC)(CCCCC)Cc1ccccc1. The Labute approximate surface area is 146 Å². The second-order valence-corrected chi connectivity index (χ2v) is 12.4. The molecule has 1 aromatic rings. The van der Waals surface area contributed by atoms with Crippen LogP contribution in [0.4, 0.5) is 0 Å². The molecule has 0 aromatic heterocycles. The summed E-state index contributed by atoms with van der Waals surface area (Å²) in [5.74, 6) is 0. The van der Waals surface area contributed by atoms with Crippen LogP contribution in [0.2, 0.25) is 0 Å². The summed E-state index contributed by atoms with van der Waals surface area (Å²) in [6.07, 6.45) is 19.0. The van der Waals surface area contributed by atoms with Gasteiger partial charge in [0, 0.05) is 0 Å². The maximum absolute atomic E-state index is 2.38. The average molecular weight is 337 g/mol. The van der Waals surface area contributed by atoms with Crippen LogP contribution in [0.1, 0.15) is 84.1 Å². The summed E-state index contributed by atoms with van der Waals surface area (Å²) in [6, 6.07) is 11.4. The Hall–Kier alpha value is -0.350. The van der Waals surface area contributed by atoms with Gasteiger partial charge in [-0.3, -0.25) is 0 Å². The van der Waals surface area contributed by atoms with Crippen LogP contribution in [0.5, 0.6) is 0 Å². The van der Waals surface area contributed by atoms with Gasteiger partial charge in [0.15, 0.2) is 0 Å². The molecule has 0 radical (unpaired) electrons. The summed E-state index contributed by atoms with van der Waals surface area (Å²) < 4.78 is 0. The van der Waals surface area contributed by atoms with Crippen LogP contribution in [0.25, 0.3) is 0 Å². The van der Waals surface area contributed by atoms with E-state index in [1.165, 1.54) is 63.9 Å². The molecule has 23 heavy (non-hydrogen) atoms. The molecule has 1 rings (SSSR count). The van der Waals surface area contributed by atoms with Crippen molar-refractivity contribution < 1.29 is 0 Å². The van der Waals surface area contributed by atoms with E-state index < -0.39 is 7.26 Å². The van der Waals surface area contributed by atoms with Crippen molar-refractivity contribution in [3.05, 3.63) is 35.9 Å². The zero-order valence-corrected chi connectivity index (χ0v) is 17.1. The Bertz CT molecular complexity index is 344. The molecule has 0 aliphatic carbocycles. The van der Waals surface area contributed by atoms with E-state index in [4.69, 9.17) is 0 Å². The summed E-state index contributed by atoms with van der Waals surface area (Å²) in [6.45, 7) is 7.03. The zero-order valence-electron chi connectivity index (χ0n) is 16.1. The molecule has 134 valence electrons. The van der Waals surface area contributed by atoms with Gasteiger partial charge in [0.2, 0.25) is 0 Å². The molecular weight excluding hydrogens is 295 g/mol. The third kappa shape index (κ3) is 8.90. The molecule has 0 saturated heterocycles. The maximum atomic E-state index is 2.38. The molecule has 0 spiro atoms. The molecule has 0 heterocycles. The standard InChI is InChI=1S/C22H41P/c1-4-7-13-18-23(19-14-8-5-2,20-15-9-6-3)21-22-16-11-10-12-17-22/h10-12,16-17,23H,4-9,13-15,18-21H2,1-3H3. The molecule has 1 aromatic carbocycles. The van der Waals surface area contributed by atoms with Crippen molar-refractivity contribution in [2.45, 2.75) is 84.7 Å². The molecular formula is C22H41P. The van der Waals surface area contributed by atoms with Crippen molar-refractivity contribution in [2.24, 2.45) is 0 Å². The van der Waals surface area contributed by atoms with E-state index in [-0.39, 0.29) is 0 Å². The Morgan fingerprint density at radius 2 is 1.04 bits per heavy atom. The Morgan fingerprint density at radius 3 is 1.43 bits per heavy atom. The normalized spacial score (nSPS) is 12.5. The predicted octanol–water partition coefficient (Wildman–Crippen LogP) is 7.51. The first-order valence-electron chi connectivity index (χ1n) is 10.3. The number of rotatable bonds is 14. The molecule has 0 fully saturated rings. The average Bonchev–Trinajstić information content (AvgIpc) is 2.56. The third-order valence-electron chi connectivity index (χ3n) is 5.35. The first-order chi connectivity index (χ1) is 11.3. The van der Waals surface area contributed by atoms with Crippen LogP contribution in [0.3, 0.4) is 0 Å². The molecule has 0 aliphatic heterocycles. The van der Waals surface area contributed by atoms with E-state index >= 15 is 0 Å². The van der Waals surface area contributed by atoms with Gasteiger partial charge >= 0.3 is 146 Å². The molecule has 0 aliphatic rings. The number of unbranched alkanes of at least 4 members (excludes halogenated alkanes) is 6. The topological polar surface area (TPSA) is 0 Å². The van der Waals surface area contributed by atoms with Crippen molar-refractivity contribution in [3.63, 3.8) is 0 Å². The molecule has 1 heteroatoms. The van der Waals surface area contributed by atoms with Gasteiger partial charge in [-0.2, -0.15) is 0 Å². The quantitative estimate of drug-likeness (QED) is 0.243. The van der Waals surface area contributed by atoms with Crippen LogP contribution >= 0.6 is 7.26 Å². The van der Waals surface area contributed by atoms with Crippen molar-refractivity contribution in [3.8, 4) is 0 Å². The fourth-order valence-electron chi connectivity index (χ4n) is 3.92. The summed E-state index contributed by atoms with van der Waals surface area (Å²) in [7, 11) is -1.15. The fraction of sp³-hybridized carbons (Fsp3) is 0.727. The summed E-state index contributed by atoms with van der Waals surface area (Å²) in [5, 5.41) is 0. The Morgan fingerprint density at radius 1 is 0.609 bits per heavy atom. The second-order valence-electron chi connectivity index (χ2n) is 7.53. The molecule has 0 saturated carbocycles. The predicted molar refractivity (Wildman–Crippen MR) is 112 cm³/mol. The van der Waals surface area contributed by atoms with Gasteiger partial charge in [0.05, 0.1) is 0 Å². The third-order valence-corrected chi connectivity index (χ3v) is 10.8. The van der Waals surface area contributed by atoms with Crippen molar-refractivity contribution >= 4 is 7.26 Å². The second kappa shape index (κ2) is 13.0. The van der Waals surface area contributed by atoms with Crippen molar-refractivity contribution in [1.29, 1.82) is 0 Å². The van der Waals surface area contributed by atoms with Crippen molar-refractivity contribution in [2.75, 3.05) is 18.5 Å². The Kier molecular flexibility index (Phi) is 11.7. The van der Waals surface area contributed by atoms with E-state index in [0.29, 0.717) is 0 Å². The van der Waals surface area contributed by atoms with E-state index in [9.17, 15) is 0 Å². The van der Waals surface area contributed by atoms with Gasteiger partial charge in [0.25, 0.3) is 0 Å². The van der Waals surface area contributed by atoms with Crippen LogP contribution in [0, 0.1) is 0 Å². The van der Waals surface area contributed by atoms with Crippen LogP contribution < -0.4 is 0 Å². The molecule has 0 N–H and O–H groups in total. The molecule has 0 unspecified atom stereocenters. The van der Waals surface area contributed by atoms with Gasteiger partial charge in [-0.05, 0) is 0 Å². The summed E-state index contributed by atoms with van der Waals surface area (Å²) in [4.78, 5) is 0. The van der Waals surface area contributed by atoms with Gasteiger partial charge in [-0.15, -0.1) is 0 Å². The van der Waals surface area contributed by atoms with Crippen LogP contribution in [-0.4, -0.2) is 18.5 Å². The molecule has 0 atom stereocenters. The summed E-state index contributed by atoms with van der Waals surface area (Å²) in [5.41, 5.74) is 1.61. The minimum atomic E-state index is -1.15. The molecule has 0 nitrogen and oxygen atoms in total. The Balaban J connectivity index is 2.79. The van der Waals surface area contributed by atoms with Crippen LogP contribution in [0.15, 0.2) is 30.3 Å². The molecule has 0 amide bonds. The van der Waals surface area contributed by atoms with E-state index in [0.717, 1.165) is 0 Å². The van der Waals surface area contributed by atoms with Crippen molar-refractivity contribution in [1.82, 2.24) is 0 Å². The summed E-state index contributed by atoms with van der Waals surface area (Å²) >= 11 is 0. The van der Waals surface area contributed by atoms with Gasteiger partial charge in [0.1, 0.15) is 0 Å². The van der Waals surface area contributed by atoms with Gasteiger partial charge in [-0.1, -0.05) is 0 Å². The molecule has 0 bridgehead atoms. The number of benzene rings is 1. The monoisotopic (exact) mass is 336 g/mol. The van der Waals surface area contributed by atoms with Gasteiger partial charge < -0.3 is 0 Å².